The molecule has 0 radical (unpaired) electrons. The molecule has 2 aromatic carbocycles. The summed E-state index contributed by atoms with van der Waals surface area (Å²) in [4.78, 5) is 0. The first-order valence-corrected chi connectivity index (χ1v) is 7.38. The average Bonchev–Trinajstić information content (AvgIpc) is 2.48. The summed E-state index contributed by atoms with van der Waals surface area (Å²) in [5.74, 6) is 0.116. The van der Waals surface area contributed by atoms with Crippen LogP contribution in [-0.2, 0) is 6.42 Å². The maximum Gasteiger partial charge on any atom is 0.121 e. The Kier molecular flexibility index (Phi) is 5.62. The summed E-state index contributed by atoms with van der Waals surface area (Å²) >= 11 is 6.14. The summed E-state index contributed by atoms with van der Waals surface area (Å²) in [7, 11) is 0. The lowest BCUT2D eigenvalue weighted by molar-refractivity contribution is 0.167. The van der Waals surface area contributed by atoms with E-state index in [1.807, 2.05) is 31.2 Å². The van der Waals surface area contributed by atoms with Gasteiger partial charge in [-0.2, -0.15) is 0 Å². The summed E-state index contributed by atoms with van der Waals surface area (Å²) in [6, 6.07) is 14.7. The number of aliphatic hydroxyl groups excluding tert-OH is 1. The molecule has 3 nitrogen and oxygen atoms in total. The van der Waals surface area contributed by atoms with Gasteiger partial charge in [0.2, 0.25) is 0 Å². The number of hydrogen-bond acceptors (Lipinski definition) is 3. The predicted molar refractivity (Wildman–Crippen MR) is 85.7 cm³/mol. The monoisotopic (exact) mass is 305 g/mol. The van der Waals surface area contributed by atoms with Gasteiger partial charge in [0.15, 0.2) is 0 Å². The lowest BCUT2D eigenvalue weighted by Gasteiger charge is -2.18. The van der Waals surface area contributed by atoms with Crippen LogP contribution in [-0.4, -0.2) is 22.8 Å². The molecular formula is C17H20ClNO2. The molecule has 21 heavy (non-hydrogen) atoms. The van der Waals surface area contributed by atoms with Gasteiger partial charge < -0.3 is 15.5 Å². The third-order valence-electron chi connectivity index (χ3n) is 3.44. The number of rotatable bonds is 6. The number of hydrogen-bond donors (Lipinski definition) is 3. The van der Waals surface area contributed by atoms with Crippen LogP contribution < -0.4 is 5.32 Å². The van der Waals surface area contributed by atoms with Gasteiger partial charge in [-0.3, -0.25) is 0 Å². The van der Waals surface area contributed by atoms with E-state index in [2.05, 4.69) is 5.32 Å². The third-order valence-corrected chi connectivity index (χ3v) is 3.81. The maximum atomic E-state index is 10.1. The van der Waals surface area contributed by atoms with Gasteiger partial charge in [-0.1, -0.05) is 48.0 Å². The standard InChI is InChI=1S/C17H20ClNO2/c1-12(10-13-6-2-4-8-15(13)18)19-11-17(21)14-7-3-5-9-16(14)20/h2-9,12,17,19-21H,10-11H2,1H3/t12-,17+/m1/s1. The molecule has 0 aliphatic heterocycles. The molecular weight excluding hydrogens is 286 g/mol. The van der Waals surface area contributed by atoms with Crippen LogP contribution in [0, 0.1) is 0 Å². The molecule has 0 unspecified atom stereocenters. The highest BCUT2D eigenvalue weighted by molar-refractivity contribution is 6.31. The molecule has 0 aliphatic rings. The molecule has 112 valence electrons. The number of aliphatic hydroxyl groups is 1. The van der Waals surface area contributed by atoms with E-state index >= 15 is 0 Å². The Morgan fingerprint density at radius 1 is 1.10 bits per heavy atom. The molecule has 0 aromatic heterocycles. The Hall–Kier alpha value is -1.55. The molecule has 0 heterocycles. The zero-order chi connectivity index (χ0) is 15.2. The number of benzene rings is 2. The van der Waals surface area contributed by atoms with Crippen molar-refractivity contribution < 1.29 is 10.2 Å². The summed E-state index contributed by atoms with van der Waals surface area (Å²) in [6.07, 6.45) is 0.0487. The van der Waals surface area contributed by atoms with Crippen LogP contribution in [0.4, 0.5) is 0 Å². The Morgan fingerprint density at radius 2 is 1.76 bits per heavy atom. The van der Waals surface area contributed by atoms with E-state index < -0.39 is 6.10 Å². The van der Waals surface area contributed by atoms with Gasteiger partial charge in [0.05, 0.1) is 6.10 Å². The molecule has 2 atom stereocenters. The van der Waals surface area contributed by atoms with Crippen LogP contribution in [0.1, 0.15) is 24.2 Å². The van der Waals surface area contributed by atoms with E-state index in [0.717, 1.165) is 17.0 Å². The number of phenolic OH excluding ortho intramolecular Hbond substituents is 1. The van der Waals surface area contributed by atoms with Crippen LogP contribution in [0.25, 0.3) is 0 Å². The lowest BCUT2D eigenvalue weighted by atomic mass is 10.1. The highest BCUT2D eigenvalue weighted by Crippen LogP contribution is 2.23. The van der Waals surface area contributed by atoms with Gasteiger partial charge in [0.1, 0.15) is 5.75 Å². The van der Waals surface area contributed by atoms with Crippen LogP contribution in [0.15, 0.2) is 48.5 Å². The van der Waals surface area contributed by atoms with Crippen molar-refractivity contribution in [3.63, 3.8) is 0 Å². The van der Waals surface area contributed by atoms with Crippen LogP contribution in [0.2, 0.25) is 5.02 Å². The minimum atomic E-state index is -0.736. The fourth-order valence-corrected chi connectivity index (χ4v) is 2.47. The van der Waals surface area contributed by atoms with Gasteiger partial charge in [-0.05, 0) is 31.0 Å². The Bertz CT molecular complexity index is 589. The maximum absolute atomic E-state index is 10.1. The lowest BCUT2D eigenvalue weighted by Crippen LogP contribution is -2.32. The first-order valence-electron chi connectivity index (χ1n) is 7.00. The second kappa shape index (κ2) is 7.46. The van der Waals surface area contributed by atoms with Gasteiger partial charge in [-0.15, -0.1) is 0 Å². The summed E-state index contributed by atoms with van der Waals surface area (Å²) in [6.45, 7) is 2.42. The Balaban J connectivity index is 1.88. The Labute approximate surface area is 130 Å². The van der Waals surface area contributed by atoms with Crippen molar-refractivity contribution in [2.45, 2.75) is 25.5 Å². The smallest absolute Gasteiger partial charge is 0.121 e. The van der Waals surface area contributed by atoms with Gasteiger partial charge in [0.25, 0.3) is 0 Å². The minimum absolute atomic E-state index is 0.116. The third kappa shape index (κ3) is 4.46. The topological polar surface area (TPSA) is 52.5 Å². The molecule has 4 heteroatoms. The van der Waals surface area contributed by atoms with Crippen LogP contribution in [0.5, 0.6) is 5.75 Å². The molecule has 0 amide bonds. The highest BCUT2D eigenvalue weighted by Gasteiger charge is 2.13. The molecule has 2 aromatic rings. The number of para-hydroxylation sites is 1. The van der Waals surface area contributed by atoms with Gasteiger partial charge in [0, 0.05) is 23.2 Å². The van der Waals surface area contributed by atoms with Crippen LogP contribution >= 0.6 is 11.6 Å². The molecule has 0 spiro atoms. The average molecular weight is 306 g/mol. The number of nitrogens with one attached hydrogen (secondary N) is 1. The minimum Gasteiger partial charge on any atom is -0.508 e. The molecule has 2 rings (SSSR count). The van der Waals surface area contributed by atoms with Crippen molar-refractivity contribution in [1.82, 2.24) is 5.32 Å². The van der Waals surface area contributed by atoms with E-state index in [0.29, 0.717) is 12.1 Å². The fraction of sp³-hybridized carbons (Fsp3) is 0.294. The van der Waals surface area contributed by atoms with Crippen molar-refractivity contribution in [2.24, 2.45) is 0 Å². The summed E-state index contributed by atoms with van der Waals surface area (Å²) in [5, 5.41) is 23.9. The van der Waals surface area contributed by atoms with E-state index in [4.69, 9.17) is 11.6 Å². The van der Waals surface area contributed by atoms with E-state index in [-0.39, 0.29) is 11.8 Å². The van der Waals surface area contributed by atoms with Crippen molar-refractivity contribution in [1.29, 1.82) is 0 Å². The van der Waals surface area contributed by atoms with Crippen molar-refractivity contribution >= 4 is 11.6 Å². The first-order chi connectivity index (χ1) is 10.1. The predicted octanol–water partition coefficient (Wildman–Crippen LogP) is 3.30. The normalized spacial score (nSPS) is 13.9. The molecule has 0 saturated heterocycles. The zero-order valence-corrected chi connectivity index (χ0v) is 12.7. The van der Waals surface area contributed by atoms with Crippen molar-refractivity contribution in [3.05, 3.63) is 64.7 Å². The van der Waals surface area contributed by atoms with Crippen LogP contribution in [0.3, 0.4) is 0 Å². The second-order valence-corrected chi connectivity index (χ2v) is 5.59. The molecule has 0 saturated carbocycles. The molecule has 0 fully saturated rings. The summed E-state index contributed by atoms with van der Waals surface area (Å²) in [5.41, 5.74) is 1.62. The van der Waals surface area contributed by atoms with E-state index in [1.54, 1.807) is 24.3 Å². The number of phenols is 1. The SMILES string of the molecule is C[C@H](Cc1ccccc1Cl)NC[C@H](O)c1ccccc1O. The quantitative estimate of drug-likeness (QED) is 0.767. The Morgan fingerprint density at radius 3 is 2.48 bits per heavy atom. The summed E-state index contributed by atoms with van der Waals surface area (Å²) < 4.78 is 0. The van der Waals surface area contributed by atoms with E-state index in [1.165, 1.54) is 0 Å². The zero-order valence-electron chi connectivity index (χ0n) is 12.0. The van der Waals surface area contributed by atoms with Crippen molar-refractivity contribution in [3.8, 4) is 5.75 Å². The van der Waals surface area contributed by atoms with Crippen molar-refractivity contribution in [2.75, 3.05) is 6.54 Å². The largest absolute Gasteiger partial charge is 0.508 e. The number of aromatic hydroxyl groups is 1. The van der Waals surface area contributed by atoms with Gasteiger partial charge >= 0.3 is 0 Å². The highest BCUT2D eigenvalue weighted by atomic mass is 35.5. The number of halogens is 1. The fourth-order valence-electron chi connectivity index (χ4n) is 2.26. The molecule has 3 N–H and O–H groups in total. The second-order valence-electron chi connectivity index (χ2n) is 5.18. The molecule has 0 aliphatic carbocycles. The first kappa shape index (κ1) is 15.8. The van der Waals surface area contributed by atoms with E-state index in [9.17, 15) is 10.2 Å². The molecule has 0 bridgehead atoms. The van der Waals surface area contributed by atoms with Gasteiger partial charge in [-0.25, -0.2) is 0 Å².